The molecule has 2 aliphatic rings. The van der Waals surface area contributed by atoms with Crippen molar-refractivity contribution in [1.82, 2.24) is 4.90 Å². The molecule has 2 heterocycles. The summed E-state index contributed by atoms with van der Waals surface area (Å²) in [5, 5.41) is 10.5. The van der Waals surface area contributed by atoms with Crippen LogP contribution >= 0.6 is 0 Å². The monoisotopic (exact) mass is 360 g/mol. The van der Waals surface area contributed by atoms with E-state index in [2.05, 4.69) is 13.8 Å². The number of aromatic hydroxyl groups is 1. The molecule has 3 rings (SSSR count). The highest BCUT2D eigenvalue weighted by atomic mass is 16.5. The van der Waals surface area contributed by atoms with E-state index < -0.39 is 0 Å². The molecule has 0 unspecified atom stereocenters. The fraction of sp³-hybridized carbons (Fsp3) is 0.667. The Kier molecular flexibility index (Phi) is 5.88. The summed E-state index contributed by atoms with van der Waals surface area (Å²) in [6, 6.07) is 3.96. The maximum atomic E-state index is 12.3. The topological polar surface area (TPSA) is 75.8 Å². The highest BCUT2D eigenvalue weighted by Gasteiger charge is 2.36. The normalized spacial score (nSPS) is 24.0. The van der Waals surface area contributed by atoms with Gasteiger partial charge < -0.3 is 20.5 Å². The number of phenols is 1. The molecule has 2 atom stereocenters. The Bertz CT molecular complexity index is 651. The van der Waals surface area contributed by atoms with Gasteiger partial charge in [0.2, 0.25) is 5.91 Å². The van der Waals surface area contributed by atoms with E-state index in [0.29, 0.717) is 30.6 Å². The van der Waals surface area contributed by atoms with Crippen LogP contribution in [0.5, 0.6) is 5.75 Å². The van der Waals surface area contributed by atoms with E-state index in [0.717, 1.165) is 49.0 Å². The van der Waals surface area contributed by atoms with Gasteiger partial charge in [0.15, 0.2) is 0 Å². The number of amides is 1. The van der Waals surface area contributed by atoms with E-state index in [1.54, 1.807) is 0 Å². The number of carbonyl (C=O) groups excluding carboxylic acids is 1. The van der Waals surface area contributed by atoms with Crippen molar-refractivity contribution in [2.24, 2.45) is 17.6 Å². The van der Waals surface area contributed by atoms with Gasteiger partial charge in [-0.15, -0.1) is 0 Å². The van der Waals surface area contributed by atoms with Crippen LogP contribution in [0.3, 0.4) is 0 Å². The molecule has 2 aliphatic heterocycles. The van der Waals surface area contributed by atoms with Crippen LogP contribution in [0.2, 0.25) is 0 Å². The van der Waals surface area contributed by atoms with Gasteiger partial charge in [0.05, 0.1) is 12.2 Å². The fourth-order valence-electron chi connectivity index (χ4n) is 4.28. The van der Waals surface area contributed by atoms with E-state index in [1.165, 1.54) is 0 Å². The Morgan fingerprint density at radius 2 is 2.04 bits per heavy atom. The molecule has 1 aromatic rings. The molecule has 1 saturated heterocycles. The number of phenolic OH excluding ortho intramolecular Hbond substituents is 1. The molecular weight excluding hydrogens is 328 g/mol. The van der Waals surface area contributed by atoms with Crippen molar-refractivity contribution < 1.29 is 14.6 Å². The first-order chi connectivity index (χ1) is 12.4. The molecule has 0 radical (unpaired) electrons. The minimum atomic E-state index is -0.157. The molecule has 0 aromatic heterocycles. The number of rotatable bonds is 4. The van der Waals surface area contributed by atoms with Crippen LogP contribution in [0.1, 0.15) is 55.9 Å². The van der Waals surface area contributed by atoms with Crippen LogP contribution in [0.4, 0.5) is 0 Å². The second kappa shape index (κ2) is 7.97. The van der Waals surface area contributed by atoms with Crippen LogP contribution in [-0.2, 0) is 16.0 Å². The van der Waals surface area contributed by atoms with Crippen molar-refractivity contribution in [2.75, 3.05) is 19.6 Å². The van der Waals surface area contributed by atoms with Gasteiger partial charge in [-0.3, -0.25) is 4.79 Å². The summed E-state index contributed by atoms with van der Waals surface area (Å²) in [5.74, 6) is 1.45. The minimum absolute atomic E-state index is 0.0612. The third-order valence-electron chi connectivity index (χ3n) is 5.83. The summed E-state index contributed by atoms with van der Waals surface area (Å²) in [5.41, 5.74) is 8.86. The Morgan fingerprint density at radius 1 is 1.35 bits per heavy atom. The van der Waals surface area contributed by atoms with Crippen molar-refractivity contribution in [3.05, 3.63) is 28.8 Å². The van der Waals surface area contributed by atoms with Gasteiger partial charge in [-0.25, -0.2) is 0 Å². The van der Waals surface area contributed by atoms with E-state index in [9.17, 15) is 9.90 Å². The van der Waals surface area contributed by atoms with Gasteiger partial charge in [-0.1, -0.05) is 26.0 Å². The number of hydrogen-bond acceptors (Lipinski definition) is 4. The Morgan fingerprint density at radius 3 is 2.65 bits per heavy atom. The maximum Gasteiger partial charge on any atom is 0.222 e. The molecule has 0 bridgehead atoms. The van der Waals surface area contributed by atoms with Crippen molar-refractivity contribution >= 4 is 5.91 Å². The molecule has 0 saturated carbocycles. The number of nitrogens with two attached hydrogens (primary N) is 1. The lowest BCUT2D eigenvalue weighted by Crippen LogP contribution is -2.44. The Balaban J connectivity index is 1.68. The maximum absolute atomic E-state index is 12.3. The van der Waals surface area contributed by atoms with Gasteiger partial charge in [-0.05, 0) is 42.7 Å². The number of fused-ring (bicyclic) bond motifs is 1. The highest BCUT2D eigenvalue weighted by molar-refractivity contribution is 5.76. The molecule has 5 heteroatoms. The second-order valence-corrected chi connectivity index (χ2v) is 8.22. The zero-order valence-electron chi connectivity index (χ0n) is 16.2. The number of ether oxygens (including phenoxy) is 1. The van der Waals surface area contributed by atoms with Crippen LogP contribution in [0.15, 0.2) is 12.1 Å². The van der Waals surface area contributed by atoms with E-state index in [1.807, 2.05) is 24.0 Å². The SMILES string of the molecule is Cc1ccc2c(c1O)C[C@@H](C1CCN(C(=O)CC(C)C)CC1)O[C@H]2CN. The first-order valence-electron chi connectivity index (χ1n) is 9.85. The zero-order chi connectivity index (χ0) is 18.8. The smallest absolute Gasteiger partial charge is 0.222 e. The van der Waals surface area contributed by atoms with Crippen LogP contribution in [-0.4, -0.2) is 41.7 Å². The number of aryl methyl sites for hydroxylation is 1. The quantitative estimate of drug-likeness (QED) is 0.866. The summed E-state index contributed by atoms with van der Waals surface area (Å²) in [7, 11) is 0. The lowest BCUT2D eigenvalue weighted by Gasteiger charge is -2.40. The number of nitrogens with zero attached hydrogens (tertiary/aromatic N) is 1. The van der Waals surface area contributed by atoms with Crippen molar-refractivity contribution in [1.29, 1.82) is 0 Å². The van der Waals surface area contributed by atoms with Gasteiger partial charge >= 0.3 is 0 Å². The number of hydrogen-bond donors (Lipinski definition) is 2. The largest absolute Gasteiger partial charge is 0.507 e. The lowest BCUT2D eigenvalue weighted by atomic mass is 9.83. The predicted molar refractivity (Wildman–Crippen MR) is 102 cm³/mol. The van der Waals surface area contributed by atoms with Crippen molar-refractivity contribution in [2.45, 2.75) is 58.7 Å². The minimum Gasteiger partial charge on any atom is -0.507 e. The summed E-state index contributed by atoms with van der Waals surface area (Å²) in [6.07, 6.45) is 3.16. The van der Waals surface area contributed by atoms with Gasteiger partial charge in [-0.2, -0.15) is 0 Å². The zero-order valence-corrected chi connectivity index (χ0v) is 16.2. The first kappa shape index (κ1) is 19.2. The molecule has 144 valence electrons. The molecular formula is C21H32N2O3. The Labute approximate surface area is 156 Å². The molecule has 1 amide bonds. The number of carbonyl (C=O) groups is 1. The number of benzene rings is 1. The summed E-state index contributed by atoms with van der Waals surface area (Å²) in [6.45, 7) is 8.11. The van der Waals surface area contributed by atoms with E-state index in [-0.39, 0.29) is 18.1 Å². The van der Waals surface area contributed by atoms with E-state index in [4.69, 9.17) is 10.5 Å². The fourth-order valence-corrected chi connectivity index (χ4v) is 4.28. The van der Waals surface area contributed by atoms with Gasteiger partial charge in [0.25, 0.3) is 0 Å². The molecule has 26 heavy (non-hydrogen) atoms. The van der Waals surface area contributed by atoms with Crippen LogP contribution in [0, 0.1) is 18.8 Å². The third kappa shape index (κ3) is 3.89. The average molecular weight is 360 g/mol. The van der Waals surface area contributed by atoms with Gasteiger partial charge in [0.1, 0.15) is 5.75 Å². The van der Waals surface area contributed by atoms with Crippen LogP contribution in [0.25, 0.3) is 0 Å². The third-order valence-corrected chi connectivity index (χ3v) is 5.83. The summed E-state index contributed by atoms with van der Waals surface area (Å²) < 4.78 is 6.32. The molecule has 5 nitrogen and oxygen atoms in total. The Hall–Kier alpha value is -1.59. The molecule has 3 N–H and O–H groups in total. The van der Waals surface area contributed by atoms with Crippen molar-refractivity contribution in [3.8, 4) is 5.75 Å². The highest BCUT2D eigenvalue weighted by Crippen LogP contribution is 2.40. The second-order valence-electron chi connectivity index (χ2n) is 8.22. The van der Waals surface area contributed by atoms with Gasteiger partial charge in [0, 0.05) is 38.0 Å². The summed E-state index contributed by atoms with van der Waals surface area (Å²) >= 11 is 0. The first-order valence-corrected chi connectivity index (χ1v) is 9.85. The number of piperidine rings is 1. The predicted octanol–water partition coefficient (Wildman–Crippen LogP) is 2.93. The average Bonchev–Trinajstić information content (AvgIpc) is 2.63. The molecule has 1 aromatic carbocycles. The molecule has 1 fully saturated rings. The van der Waals surface area contributed by atoms with Crippen LogP contribution < -0.4 is 5.73 Å². The van der Waals surface area contributed by atoms with E-state index >= 15 is 0 Å². The summed E-state index contributed by atoms with van der Waals surface area (Å²) in [4.78, 5) is 14.3. The van der Waals surface area contributed by atoms with Crippen molar-refractivity contribution in [3.63, 3.8) is 0 Å². The molecule has 0 aliphatic carbocycles. The molecule has 0 spiro atoms. The lowest BCUT2D eigenvalue weighted by molar-refractivity contribution is -0.135. The standard InChI is InChI=1S/C21H32N2O3/c1-13(2)10-20(24)23-8-6-15(7-9-23)18-11-17-16(19(12-22)26-18)5-4-14(3)21(17)25/h4-5,13,15,18-19,25H,6-12,22H2,1-3H3/t18-,19-/m0/s1. The number of likely N-dealkylation sites (tertiary alicyclic amines) is 1.